The Morgan fingerprint density at radius 2 is 1.50 bits per heavy atom. The van der Waals surface area contributed by atoms with Crippen molar-refractivity contribution in [2.24, 2.45) is 5.92 Å². The molecule has 0 bridgehead atoms. The van der Waals surface area contributed by atoms with Crippen LogP contribution in [0.1, 0.15) is 26.3 Å². The Bertz CT molecular complexity index is 920. The van der Waals surface area contributed by atoms with Gasteiger partial charge in [-0.05, 0) is 49.2 Å². The lowest BCUT2D eigenvalue weighted by molar-refractivity contribution is -0.156. The summed E-state index contributed by atoms with van der Waals surface area (Å²) >= 11 is 0. The van der Waals surface area contributed by atoms with Gasteiger partial charge in [-0.25, -0.2) is 9.59 Å². The topological polar surface area (TPSA) is 120 Å². The number of ether oxygens (including phenoxy) is 1. The van der Waals surface area contributed by atoms with Crippen molar-refractivity contribution in [1.29, 1.82) is 5.26 Å². The van der Waals surface area contributed by atoms with Crippen molar-refractivity contribution >= 4 is 29.3 Å². The number of carbonyl (C=O) groups excluding carboxylic acids is 3. The van der Waals surface area contributed by atoms with Gasteiger partial charge in [-0.2, -0.15) is 5.26 Å². The molecule has 2 aromatic carbocycles. The van der Waals surface area contributed by atoms with Crippen LogP contribution in [0.15, 0.2) is 54.6 Å². The lowest BCUT2D eigenvalue weighted by atomic mass is 10.0. The summed E-state index contributed by atoms with van der Waals surface area (Å²) in [6, 6.07) is 15.6. The molecule has 2 atom stereocenters. The average Bonchev–Trinajstić information content (AvgIpc) is 2.72. The van der Waals surface area contributed by atoms with Gasteiger partial charge >= 0.3 is 12.0 Å². The summed E-state index contributed by atoms with van der Waals surface area (Å²) in [7, 11) is 0. The molecule has 2 rings (SSSR count). The highest BCUT2D eigenvalue weighted by Gasteiger charge is 2.29. The molecule has 0 aliphatic carbocycles. The summed E-state index contributed by atoms with van der Waals surface area (Å²) in [4.78, 5) is 37.1. The van der Waals surface area contributed by atoms with Crippen molar-refractivity contribution in [3.8, 4) is 6.07 Å². The number of anilines is 2. The van der Waals surface area contributed by atoms with Crippen LogP contribution in [0.2, 0.25) is 0 Å². The van der Waals surface area contributed by atoms with Gasteiger partial charge in [0.15, 0.2) is 6.10 Å². The van der Waals surface area contributed by atoms with Crippen LogP contribution >= 0.6 is 0 Å². The molecule has 2 aromatic rings. The van der Waals surface area contributed by atoms with E-state index in [-0.39, 0.29) is 5.92 Å². The Hall–Kier alpha value is -3.86. The number of nitriles is 1. The first-order valence-electron chi connectivity index (χ1n) is 9.44. The van der Waals surface area contributed by atoms with E-state index in [0.717, 1.165) is 0 Å². The van der Waals surface area contributed by atoms with Crippen LogP contribution in [-0.4, -0.2) is 30.1 Å². The number of carbonyl (C=O) groups is 3. The van der Waals surface area contributed by atoms with Gasteiger partial charge in [-0.15, -0.1) is 0 Å². The van der Waals surface area contributed by atoms with Crippen LogP contribution < -0.4 is 16.0 Å². The smallest absolute Gasteiger partial charge is 0.329 e. The van der Waals surface area contributed by atoms with E-state index in [1.165, 1.54) is 6.92 Å². The van der Waals surface area contributed by atoms with Crippen molar-refractivity contribution in [1.82, 2.24) is 5.32 Å². The number of para-hydroxylation sites is 1. The molecule has 3 amide bonds. The molecule has 0 radical (unpaired) electrons. The molecule has 8 nitrogen and oxygen atoms in total. The SMILES string of the molecule is CC(C)[C@H](NC(=O)Nc1ccccc1)C(=O)O[C@H](C)C(=O)Nc1ccc(C#N)cc1. The molecule has 0 aliphatic heterocycles. The highest BCUT2D eigenvalue weighted by molar-refractivity contribution is 5.96. The first-order chi connectivity index (χ1) is 14.3. The standard InChI is InChI=1S/C22H24N4O4/c1-14(2)19(26-22(29)25-17-7-5-4-6-8-17)21(28)30-15(3)20(27)24-18-11-9-16(13-23)10-12-18/h4-12,14-15,19H,1-3H3,(H,24,27)(H2,25,26,29)/t15-,19+/m1/s1. The van der Waals surface area contributed by atoms with Gasteiger partial charge in [0.25, 0.3) is 5.91 Å². The number of benzene rings is 2. The largest absolute Gasteiger partial charge is 0.451 e. The van der Waals surface area contributed by atoms with Gasteiger partial charge in [-0.1, -0.05) is 32.0 Å². The van der Waals surface area contributed by atoms with Crippen molar-refractivity contribution < 1.29 is 19.1 Å². The third kappa shape index (κ3) is 6.63. The van der Waals surface area contributed by atoms with Crippen molar-refractivity contribution in [3.63, 3.8) is 0 Å². The minimum Gasteiger partial charge on any atom is -0.451 e. The molecule has 8 heteroatoms. The molecule has 0 spiro atoms. The predicted molar refractivity (Wildman–Crippen MR) is 113 cm³/mol. The molecule has 0 saturated carbocycles. The van der Waals surface area contributed by atoms with Crippen LogP contribution in [0.5, 0.6) is 0 Å². The number of nitrogens with one attached hydrogen (secondary N) is 3. The van der Waals surface area contributed by atoms with E-state index in [1.54, 1.807) is 62.4 Å². The number of urea groups is 1. The first kappa shape index (κ1) is 22.4. The fraction of sp³-hybridized carbons (Fsp3) is 0.273. The van der Waals surface area contributed by atoms with Gasteiger partial charge < -0.3 is 20.7 Å². The first-order valence-corrected chi connectivity index (χ1v) is 9.44. The van der Waals surface area contributed by atoms with Crippen molar-refractivity contribution in [2.75, 3.05) is 10.6 Å². The summed E-state index contributed by atoms with van der Waals surface area (Å²) in [6.07, 6.45) is -1.08. The molecular formula is C22H24N4O4. The van der Waals surface area contributed by atoms with Gasteiger partial charge in [0, 0.05) is 11.4 Å². The summed E-state index contributed by atoms with van der Waals surface area (Å²) in [6.45, 7) is 4.96. The molecule has 3 N–H and O–H groups in total. The van der Waals surface area contributed by atoms with Crippen LogP contribution in [0.3, 0.4) is 0 Å². The van der Waals surface area contributed by atoms with Crippen LogP contribution in [0.4, 0.5) is 16.2 Å². The quantitative estimate of drug-likeness (QED) is 0.607. The summed E-state index contributed by atoms with van der Waals surface area (Å²) in [5.74, 6) is -1.49. The maximum absolute atomic E-state index is 12.5. The van der Waals surface area contributed by atoms with Gasteiger partial charge in [0.1, 0.15) is 6.04 Å². The summed E-state index contributed by atoms with van der Waals surface area (Å²) in [5.41, 5.74) is 1.52. The van der Waals surface area contributed by atoms with E-state index in [9.17, 15) is 14.4 Å². The van der Waals surface area contributed by atoms with Crippen molar-refractivity contribution in [2.45, 2.75) is 32.9 Å². The minimum atomic E-state index is -1.08. The molecule has 0 saturated heterocycles. The second kappa shape index (κ2) is 10.6. The Labute approximate surface area is 175 Å². The van der Waals surface area contributed by atoms with Crippen LogP contribution in [0, 0.1) is 17.2 Å². The number of nitrogens with zero attached hydrogens (tertiary/aromatic N) is 1. The molecule has 30 heavy (non-hydrogen) atoms. The number of amides is 3. The molecule has 0 heterocycles. The average molecular weight is 408 g/mol. The normalized spacial score (nSPS) is 12.2. The zero-order valence-corrected chi connectivity index (χ0v) is 17.0. The van der Waals surface area contributed by atoms with Crippen molar-refractivity contribution in [3.05, 3.63) is 60.2 Å². The van der Waals surface area contributed by atoms with E-state index in [2.05, 4.69) is 16.0 Å². The van der Waals surface area contributed by atoms with Gasteiger partial charge in [0.2, 0.25) is 0 Å². The van der Waals surface area contributed by atoms with Crippen LogP contribution in [0.25, 0.3) is 0 Å². The van der Waals surface area contributed by atoms with Crippen LogP contribution in [-0.2, 0) is 14.3 Å². The number of rotatable bonds is 7. The Balaban J connectivity index is 1.93. The Morgan fingerprint density at radius 3 is 2.07 bits per heavy atom. The highest BCUT2D eigenvalue weighted by atomic mass is 16.5. The maximum Gasteiger partial charge on any atom is 0.329 e. The van der Waals surface area contributed by atoms with E-state index >= 15 is 0 Å². The molecular weight excluding hydrogens is 384 g/mol. The van der Waals surface area contributed by atoms with E-state index in [0.29, 0.717) is 16.9 Å². The van der Waals surface area contributed by atoms with Gasteiger partial charge in [-0.3, -0.25) is 4.79 Å². The molecule has 0 fully saturated rings. The zero-order valence-electron chi connectivity index (χ0n) is 17.0. The van der Waals surface area contributed by atoms with E-state index in [1.807, 2.05) is 12.1 Å². The second-order valence-corrected chi connectivity index (χ2v) is 6.94. The zero-order chi connectivity index (χ0) is 22.1. The fourth-order valence-electron chi connectivity index (χ4n) is 2.50. The third-order valence-corrected chi connectivity index (χ3v) is 4.18. The number of hydrogen-bond acceptors (Lipinski definition) is 5. The lowest BCUT2D eigenvalue weighted by Crippen LogP contribution is -2.48. The second-order valence-electron chi connectivity index (χ2n) is 6.94. The minimum absolute atomic E-state index is 0.257. The third-order valence-electron chi connectivity index (χ3n) is 4.18. The molecule has 156 valence electrons. The Morgan fingerprint density at radius 1 is 0.900 bits per heavy atom. The maximum atomic E-state index is 12.5. The summed E-state index contributed by atoms with van der Waals surface area (Å²) < 4.78 is 5.26. The molecule has 0 aliphatic rings. The lowest BCUT2D eigenvalue weighted by Gasteiger charge is -2.23. The number of hydrogen-bond donors (Lipinski definition) is 3. The Kier molecular flexibility index (Phi) is 7.94. The summed E-state index contributed by atoms with van der Waals surface area (Å²) in [5, 5.41) is 16.6. The predicted octanol–water partition coefficient (Wildman–Crippen LogP) is 3.27. The fourth-order valence-corrected chi connectivity index (χ4v) is 2.50. The highest BCUT2D eigenvalue weighted by Crippen LogP contribution is 2.12. The van der Waals surface area contributed by atoms with E-state index in [4.69, 9.17) is 10.00 Å². The monoisotopic (exact) mass is 408 g/mol. The van der Waals surface area contributed by atoms with Gasteiger partial charge in [0.05, 0.1) is 11.6 Å². The molecule has 0 unspecified atom stereocenters. The number of esters is 1. The van der Waals surface area contributed by atoms with E-state index < -0.39 is 30.1 Å². The molecule has 0 aromatic heterocycles.